The van der Waals surface area contributed by atoms with Crippen LogP contribution in [0.4, 0.5) is 21.3 Å². The minimum atomic E-state index is -0.496. The smallest absolute Gasteiger partial charge is 0.325 e. The SMILES string of the molecule is COc1ccc(Cl)cc1NC(=O)c1sc(NC(=O)Nc2cccc(Cl)c2)nc1C. The lowest BCUT2D eigenvalue weighted by Crippen LogP contribution is -2.19. The van der Waals surface area contributed by atoms with Crippen molar-refractivity contribution in [1.29, 1.82) is 0 Å². The summed E-state index contributed by atoms with van der Waals surface area (Å²) < 4.78 is 5.23. The second kappa shape index (κ2) is 9.13. The Morgan fingerprint density at radius 2 is 1.79 bits per heavy atom. The number of rotatable bonds is 5. The van der Waals surface area contributed by atoms with Crippen LogP contribution in [0.3, 0.4) is 0 Å². The molecule has 0 bridgehead atoms. The minimum Gasteiger partial charge on any atom is -0.495 e. The fourth-order valence-corrected chi connectivity index (χ4v) is 3.66. The number of thiazole rings is 1. The molecule has 1 aromatic heterocycles. The van der Waals surface area contributed by atoms with E-state index in [1.165, 1.54) is 7.11 Å². The fraction of sp³-hybridized carbons (Fsp3) is 0.105. The van der Waals surface area contributed by atoms with E-state index in [0.29, 0.717) is 37.7 Å². The van der Waals surface area contributed by atoms with E-state index in [4.69, 9.17) is 27.9 Å². The molecule has 0 aliphatic heterocycles. The quantitative estimate of drug-likeness (QED) is 0.467. The molecule has 150 valence electrons. The number of nitrogens with one attached hydrogen (secondary N) is 3. The van der Waals surface area contributed by atoms with Gasteiger partial charge >= 0.3 is 6.03 Å². The van der Waals surface area contributed by atoms with Crippen LogP contribution in [0.2, 0.25) is 10.0 Å². The zero-order chi connectivity index (χ0) is 21.0. The van der Waals surface area contributed by atoms with Gasteiger partial charge in [-0.05, 0) is 43.3 Å². The zero-order valence-electron chi connectivity index (χ0n) is 15.4. The Kier molecular flexibility index (Phi) is 6.58. The van der Waals surface area contributed by atoms with Gasteiger partial charge < -0.3 is 15.4 Å². The third-order valence-electron chi connectivity index (χ3n) is 3.72. The van der Waals surface area contributed by atoms with E-state index in [1.54, 1.807) is 49.4 Å². The predicted molar refractivity (Wildman–Crippen MR) is 117 cm³/mol. The molecule has 0 unspecified atom stereocenters. The number of halogens is 2. The molecule has 3 aromatic rings. The maximum Gasteiger partial charge on any atom is 0.325 e. The Balaban J connectivity index is 1.70. The molecule has 7 nitrogen and oxygen atoms in total. The normalized spacial score (nSPS) is 10.3. The van der Waals surface area contributed by atoms with Crippen molar-refractivity contribution in [3.05, 3.63) is 63.1 Å². The first-order valence-electron chi connectivity index (χ1n) is 8.31. The molecule has 0 aliphatic carbocycles. The van der Waals surface area contributed by atoms with Crippen molar-refractivity contribution in [1.82, 2.24) is 4.98 Å². The molecule has 0 radical (unpaired) electrons. The summed E-state index contributed by atoms with van der Waals surface area (Å²) in [6.45, 7) is 1.68. The highest BCUT2D eigenvalue weighted by atomic mass is 35.5. The molecule has 0 saturated carbocycles. The van der Waals surface area contributed by atoms with E-state index in [1.807, 2.05) is 0 Å². The van der Waals surface area contributed by atoms with E-state index < -0.39 is 6.03 Å². The van der Waals surface area contributed by atoms with Crippen molar-refractivity contribution in [2.75, 3.05) is 23.1 Å². The molecular weight excluding hydrogens is 435 g/mol. The van der Waals surface area contributed by atoms with E-state index in [0.717, 1.165) is 11.3 Å². The standard InChI is InChI=1S/C19H16Cl2N4O3S/c1-10-16(17(26)24-14-9-12(21)6-7-15(14)28-2)29-19(22-10)25-18(27)23-13-5-3-4-11(20)8-13/h3-9H,1-2H3,(H,24,26)(H2,22,23,25,27). The van der Waals surface area contributed by atoms with Gasteiger partial charge in [-0.2, -0.15) is 0 Å². The van der Waals surface area contributed by atoms with Gasteiger partial charge in [-0.1, -0.05) is 40.6 Å². The van der Waals surface area contributed by atoms with Gasteiger partial charge in [0, 0.05) is 15.7 Å². The number of ether oxygens (including phenoxy) is 1. The van der Waals surface area contributed by atoms with Gasteiger partial charge in [-0.25, -0.2) is 9.78 Å². The largest absolute Gasteiger partial charge is 0.495 e. The van der Waals surface area contributed by atoms with E-state index >= 15 is 0 Å². The number of methoxy groups -OCH3 is 1. The molecule has 0 atom stereocenters. The second-order valence-electron chi connectivity index (χ2n) is 5.82. The molecule has 10 heteroatoms. The van der Waals surface area contributed by atoms with Gasteiger partial charge in [-0.3, -0.25) is 10.1 Å². The van der Waals surface area contributed by atoms with Crippen LogP contribution in [0, 0.1) is 6.92 Å². The number of aromatic nitrogens is 1. The number of amides is 3. The van der Waals surface area contributed by atoms with E-state index in [2.05, 4.69) is 20.9 Å². The summed E-state index contributed by atoms with van der Waals surface area (Å²) in [6.07, 6.45) is 0. The van der Waals surface area contributed by atoms with Crippen molar-refractivity contribution in [2.24, 2.45) is 0 Å². The van der Waals surface area contributed by atoms with Gasteiger partial charge in [0.05, 0.1) is 18.5 Å². The van der Waals surface area contributed by atoms with Crippen molar-refractivity contribution >= 4 is 63.0 Å². The summed E-state index contributed by atoms with van der Waals surface area (Å²) in [7, 11) is 1.50. The number of anilines is 3. The molecular formula is C19H16Cl2N4O3S. The van der Waals surface area contributed by atoms with Crippen LogP contribution in [-0.2, 0) is 0 Å². The van der Waals surface area contributed by atoms with Crippen LogP contribution >= 0.6 is 34.5 Å². The van der Waals surface area contributed by atoms with Crippen LogP contribution in [0.15, 0.2) is 42.5 Å². The third-order valence-corrected chi connectivity index (χ3v) is 5.26. The maximum absolute atomic E-state index is 12.7. The Morgan fingerprint density at radius 3 is 2.52 bits per heavy atom. The highest BCUT2D eigenvalue weighted by molar-refractivity contribution is 7.17. The van der Waals surface area contributed by atoms with Gasteiger partial charge in [0.15, 0.2) is 5.13 Å². The van der Waals surface area contributed by atoms with Crippen LogP contribution in [0.1, 0.15) is 15.4 Å². The van der Waals surface area contributed by atoms with Crippen LogP contribution in [-0.4, -0.2) is 24.0 Å². The highest BCUT2D eigenvalue weighted by Crippen LogP contribution is 2.30. The topological polar surface area (TPSA) is 92.4 Å². The molecule has 0 fully saturated rings. The average molecular weight is 451 g/mol. The summed E-state index contributed by atoms with van der Waals surface area (Å²) in [4.78, 5) is 29.4. The summed E-state index contributed by atoms with van der Waals surface area (Å²) in [5.41, 5.74) is 1.45. The maximum atomic E-state index is 12.7. The molecule has 3 rings (SSSR count). The van der Waals surface area contributed by atoms with Crippen molar-refractivity contribution in [3.8, 4) is 5.75 Å². The van der Waals surface area contributed by atoms with E-state index in [-0.39, 0.29) is 11.0 Å². The van der Waals surface area contributed by atoms with Crippen molar-refractivity contribution in [3.63, 3.8) is 0 Å². The lowest BCUT2D eigenvalue weighted by atomic mass is 10.2. The minimum absolute atomic E-state index is 0.283. The first-order valence-corrected chi connectivity index (χ1v) is 9.89. The number of benzene rings is 2. The van der Waals surface area contributed by atoms with Gasteiger partial charge in [0.1, 0.15) is 10.6 Å². The van der Waals surface area contributed by atoms with Gasteiger partial charge in [0.2, 0.25) is 0 Å². The molecule has 0 saturated heterocycles. The number of hydrogen-bond donors (Lipinski definition) is 3. The lowest BCUT2D eigenvalue weighted by molar-refractivity contribution is 0.102. The number of carbonyl (C=O) groups is 2. The Morgan fingerprint density at radius 1 is 1.03 bits per heavy atom. The Labute approximate surface area is 181 Å². The zero-order valence-corrected chi connectivity index (χ0v) is 17.7. The number of urea groups is 1. The second-order valence-corrected chi connectivity index (χ2v) is 7.69. The first kappa shape index (κ1) is 20.9. The van der Waals surface area contributed by atoms with Crippen LogP contribution < -0.4 is 20.7 Å². The van der Waals surface area contributed by atoms with Crippen molar-refractivity contribution < 1.29 is 14.3 Å². The number of carbonyl (C=O) groups excluding carboxylic acids is 2. The van der Waals surface area contributed by atoms with Crippen LogP contribution in [0.5, 0.6) is 5.75 Å². The average Bonchev–Trinajstić information content (AvgIpc) is 3.02. The number of nitrogens with zero attached hydrogens (tertiary/aromatic N) is 1. The van der Waals surface area contributed by atoms with Crippen LogP contribution in [0.25, 0.3) is 0 Å². The Hall–Kier alpha value is -2.81. The lowest BCUT2D eigenvalue weighted by Gasteiger charge is -2.09. The van der Waals surface area contributed by atoms with E-state index in [9.17, 15) is 9.59 Å². The monoisotopic (exact) mass is 450 g/mol. The highest BCUT2D eigenvalue weighted by Gasteiger charge is 2.18. The summed E-state index contributed by atoms with van der Waals surface area (Å²) in [5, 5.41) is 9.26. The molecule has 2 aromatic carbocycles. The summed E-state index contributed by atoms with van der Waals surface area (Å²) in [6, 6.07) is 11.2. The predicted octanol–water partition coefficient (Wildman–Crippen LogP) is 5.66. The summed E-state index contributed by atoms with van der Waals surface area (Å²) in [5.74, 6) is 0.0908. The molecule has 3 amide bonds. The third kappa shape index (κ3) is 5.38. The fourth-order valence-electron chi connectivity index (χ4n) is 2.44. The van der Waals surface area contributed by atoms with Crippen molar-refractivity contribution in [2.45, 2.75) is 6.92 Å². The molecule has 1 heterocycles. The summed E-state index contributed by atoms with van der Waals surface area (Å²) >= 11 is 12.9. The Bertz CT molecular complexity index is 1070. The first-order chi connectivity index (χ1) is 13.9. The number of hydrogen-bond acceptors (Lipinski definition) is 5. The number of aryl methyl sites for hydroxylation is 1. The van der Waals surface area contributed by atoms with Gasteiger partial charge in [0.25, 0.3) is 5.91 Å². The molecule has 3 N–H and O–H groups in total. The van der Waals surface area contributed by atoms with Gasteiger partial charge in [-0.15, -0.1) is 0 Å². The molecule has 0 spiro atoms. The molecule has 0 aliphatic rings. The molecule has 29 heavy (non-hydrogen) atoms.